The highest BCUT2D eigenvalue weighted by atomic mass is 35.5. The zero-order chi connectivity index (χ0) is 18.4. The van der Waals surface area contributed by atoms with E-state index in [0.717, 1.165) is 5.56 Å². The van der Waals surface area contributed by atoms with Crippen LogP contribution in [0.4, 0.5) is 0 Å². The molecule has 0 saturated heterocycles. The van der Waals surface area contributed by atoms with E-state index >= 15 is 0 Å². The van der Waals surface area contributed by atoms with Gasteiger partial charge in [-0.25, -0.2) is 0 Å². The fourth-order valence-corrected chi connectivity index (χ4v) is 2.76. The molecule has 0 radical (unpaired) electrons. The molecule has 0 saturated carbocycles. The first-order chi connectivity index (χ1) is 11.9. The number of benzene rings is 2. The van der Waals surface area contributed by atoms with E-state index in [1.54, 1.807) is 38.5 Å². The second-order valence-corrected chi connectivity index (χ2v) is 6.20. The van der Waals surface area contributed by atoms with Crippen LogP contribution in [0.2, 0.25) is 5.02 Å². The van der Waals surface area contributed by atoms with Crippen molar-refractivity contribution in [3.8, 4) is 11.5 Å². The van der Waals surface area contributed by atoms with Crippen molar-refractivity contribution in [3.05, 3.63) is 58.6 Å². The molecular weight excluding hydrogens is 342 g/mol. The minimum atomic E-state index is -1.26. The van der Waals surface area contributed by atoms with Crippen molar-refractivity contribution in [2.45, 2.75) is 25.5 Å². The van der Waals surface area contributed by atoms with E-state index in [2.05, 4.69) is 5.32 Å². The summed E-state index contributed by atoms with van der Waals surface area (Å²) in [6.45, 7) is 1.87. The Balaban J connectivity index is 1.99. The third-order valence-corrected chi connectivity index (χ3v) is 4.03. The maximum Gasteiger partial charge on any atom is 0.253 e. The average molecular weight is 364 g/mol. The molecule has 2 rings (SSSR count). The zero-order valence-corrected chi connectivity index (χ0v) is 15.2. The van der Waals surface area contributed by atoms with Crippen molar-refractivity contribution in [3.63, 3.8) is 0 Å². The monoisotopic (exact) mass is 363 g/mol. The van der Waals surface area contributed by atoms with Crippen molar-refractivity contribution in [1.29, 1.82) is 0 Å². The summed E-state index contributed by atoms with van der Waals surface area (Å²) in [7, 11) is 3.16. The Bertz CT molecular complexity index is 735. The second-order valence-electron chi connectivity index (χ2n) is 5.76. The molecule has 0 aromatic heterocycles. The van der Waals surface area contributed by atoms with Crippen molar-refractivity contribution >= 4 is 17.5 Å². The molecule has 0 spiro atoms. The van der Waals surface area contributed by atoms with Crippen LogP contribution in [0.25, 0.3) is 0 Å². The molecule has 5 nitrogen and oxygen atoms in total. The second kappa shape index (κ2) is 8.74. The van der Waals surface area contributed by atoms with Crippen LogP contribution >= 0.6 is 11.6 Å². The standard InChI is InChI=1S/C19H22ClNO4/c1-12(9-13-7-8-16(24-2)17(10-13)25-3)21-19(23)18(22)14-5-4-6-15(20)11-14/h4-8,10-12,18,22H,9H2,1-3H3,(H,21,23). The molecule has 0 heterocycles. The third kappa shape index (κ3) is 5.11. The molecule has 6 heteroatoms. The van der Waals surface area contributed by atoms with Gasteiger partial charge in [-0.2, -0.15) is 0 Å². The van der Waals surface area contributed by atoms with Gasteiger partial charge in [-0.3, -0.25) is 4.79 Å². The first-order valence-corrected chi connectivity index (χ1v) is 8.27. The summed E-state index contributed by atoms with van der Waals surface area (Å²) in [5, 5.41) is 13.5. The van der Waals surface area contributed by atoms with Crippen molar-refractivity contribution in [2.24, 2.45) is 0 Å². The van der Waals surface area contributed by atoms with Crippen LogP contribution < -0.4 is 14.8 Å². The lowest BCUT2D eigenvalue weighted by atomic mass is 10.0. The Morgan fingerprint density at radius 2 is 1.88 bits per heavy atom. The number of nitrogens with one attached hydrogen (secondary N) is 1. The lowest BCUT2D eigenvalue weighted by molar-refractivity contribution is -0.130. The van der Waals surface area contributed by atoms with Gasteiger partial charge in [0.25, 0.3) is 5.91 Å². The van der Waals surface area contributed by atoms with Gasteiger partial charge in [0.05, 0.1) is 14.2 Å². The number of aliphatic hydroxyl groups is 1. The van der Waals surface area contributed by atoms with Gasteiger partial charge in [-0.15, -0.1) is 0 Å². The van der Waals surface area contributed by atoms with E-state index in [4.69, 9.17) is 21.1 Å². The van der Waals surface area contributed by atoms with Crippen molar-refractivity contribution in [2.75, 3.05) is 14.2 Å². The Morgan fingerprint density at radius 1 is 1.16 bits per heavy atom. The van der Waals surface area contributed by atoms with Gasteiger partial charge < -0.3 is 19.9 Å². The maximum atomic E-state index is 12.2. The normalized spacial score (nSPS) is 13.0. The van der Waals surface area contributed by atoms with E-state index in [0.29, 0.717) is 28.5 Å². The Labute approximate surface area is 152 Å². The molecule has 0 bridgehead atoms. The van der Waals surface area contributed by atoms with Gasteiger partial charge in [0.1, 0.15) is 0 Å². The van der Waals surface area contributed by atoms with Gasteiger partial charge >= 0.3 is 0 Å². The summed E-state index contributed by atoms with van der Waals surface area (Å²) in [6.07, 6.45) is -0.666. The molecule has 2 N–H and O–H groups in total. The molecule has 2 atom stereocenters. The molecule has 0 aliphatic heterocycles. The summed E-state index contributed by atoms with van der Waals surface area (Å²) in [4.78, 5) is 12.2. The average Bonchev–Trinajstić information content (AvgIpc) is 2.60. The number of halogens is 1. The lowest BCUT2D eigenvalue weighted by Gasteiger charge is -2.18. The quantitative estimate of drug-likeness (QED) is 0.793. The molecule has 0 aliphatic carbocycles. The fraction of sp³-hybridized carbons (Fsp3) is 0.316. The molecule has 0 fully saturated rings. The number of hydrogen-bond acceptors (Lipinski definition) is 4. The highest BCUT2D eigenvalue weighted by molar-refractivity contribution is 6.30. The largest absolute Gasteiger partial charge is 0.493 e. The Kier molecular flexibility index (Phi) is 6.67. The highest BCUT2D eigenvalue weighted by Gasteiger charge is 2.19. The zero-order valence-electron chi connectivity index (χ0n) is 14.5. The molecule has 1 amide bonds. The summed E-state index contributed by atoms with van der Waals surface area (Å²) in [6, 6.07) is 12.1. The van der Waals surface area contributed by atoms with E-state index in [9.17, 15) is 9.90 Å². The number of amides is 1. The molecule has 2 unspecified atom stereocenters. The van der Waals surface area contributed by atoms with Gasteiger partial charge in [-0.1, -0.05) is 29.8 Å². The van der Waals surface area contributed by atoms with E-state index < -0.39 is 12.0 Å². The predicted molar refractivity (Wildman–Crippen MR) is 97.3 cm³/mol. The number of carbonyl (C=O) groups excluding carboxylic acids is 1. The van der Waals surface area contributed by atoms with E-state index in [-0.39, 0.29) is 6.04 Å². The lowest BCUT2D eigenvalue weighted by Crippen LogP contribution is -2.37. The summed E-state index contributed by atoms with van der Waals surface area (Å²) < 4.78 is 10.5. The minimum absolute atomic E-state index is 0.167. The number of rotatable bonds is 7. The number of ether oxygens (including phenoxy) is 2. The Morgan fingerprint density at radius 3 is 2.52 bits per heavy atom. The number of methoxy groups -OCH3 is 2. The van der Waals surface area contributed by atoms with Crippen LogP contribution in [0.3, 0.4) is 0 Å². The molecule has 2 aromatic carbocycles. The molecule has 25 heavy (non-hydrogen) atoms. The SMILES string of the molecule is COc1ccc(CC(C)NC(=O)C(O)c2cccc(Cl)c2)cc1OC. The fourth-order valence-electron chi connectivity index (χ4n) is 2.56. The van der Waals surface area contributed by atoms with Crippen LogP contribution in [-0.4, -0.2) is 31.3 Å². The smallest absolute Gasteiger partial charge is 0.253 e. The third-order valence-electron chi connectivity index (χ3n) is 3.79. The predicted octanol–water partition coefficient (Wildman–Crippen LogP) is 3.14. The molecular formula is C19H22ClNO4. The molecule has 0 aliphatic rings. The highest BCUT2D eigenvalue weighted by Crippen LogP contribution is 2.28. The van der Waals surface area contributed by atoms with Gasteiger partial charge in [0, 0.05) is 11.1 Å². The van der Waals surface area contributed by atoms with Crippen LogP contribution in [0.1, 0.15) is 24.2 Å². The minimum Gasteiger partial charge on any atom is -0.493 e. The Hall–Kier alpha value is -2.24. The number of aliphatic hydroxyl groups excluding tert-OH is 1. The summed E-state index contributed by atoms with van der Waals surface area (Å²) in [5.74, 6) is 0.826. The number of hydrogen-bond donors (Lipinski definition) is 2. The first-order valence-electron chi connectivity index (χ1n) is 7.89. The summed E-state index contributed by atoms with van der Waals surface area (Å²) >= 11 is 5.90. The molecule has 134 valence electrons. The number of carbonyl (C=O) groups is 1. The van der Waals surface area contributed by atoms with Crippen LogP contribution in [0.5, 0.6) is 11.5 Å². The van der Waals surface area contributed by atoms with Crippen molar-refractivity contribution in [1.82, 2.24) is 5.32 Å². The van der Waals surface area contributed by atoms with Gasteiger partial charge in [0.15, 0.2) is 17.6 Å². The van der Waals surface area contributed by atoms with Crippen molar-refractivity contribution < 1.29 is 19.4 Å². The van der Waals surface area contributed by atoms with Gasteiger partial charge in [0.2, 0.25) is 0 Å². The van der Waals surface area contributed by atoms with Crippen LogP contribution in [-0.2, 0) is 11.2 Å². The first kappa shape index (κ1) is 19.1. The molecule has 2 aromatic rings. The summed E-state index contributed by atoms with van der Waals surface area (Å²) in [5.41, 5.74) is 1.45. The van der Waals surface area contributed by atoms with Gasteiger partial charge in [-0.05, 0) is 48.7 Å². The van der Waals surface area contributed by atoms with Crippen LogP contribution in [0, 0.1) is 0 Å². The van der Waals surface area contributed by atoms with E-state index in [1.807, 2.05) is 25.1 Å². The topological polar surface area (TPSA) is 67.8 Å². The maximum absolute atomic E-state index is 12.2. The van der Waals surface area contributed by atoms with E-state index in [1.165, 1.54) is 0 Å². The van der Waals surface area contributed by atoms with Crippen LogP contribution in [0.15, 0.2) is 42.5 Å².